The molecule has 0 spiro atoms. The van der Waals surface area contributed by atoms with Gasteiger partial charge in [0.2, 0.25) is 0 Å². The van der Waals surface area contributed by atoms with Crippen LogP contribution in [0.5, 0.6) is 5.75 Å². The zero-order valence-corrected chi connectivity index (χ0v) is 30.2. The Morgan fingerprint density at radius 2 is 1.68 bits per heavy atom. The van der Waals surface area contributed by atoms with E-state index in [0.29, 0.717) is 29.9 Å². The summed E-state index contributed by atoms with van der Waals surface area (Å²) in [6, 6.07) is 7.55. The van der Waals surface area contributed by atoms with Gasteiger partial charge in [-0.15, -0.1) is 0 Å². The summed E-state index contributed by atoms with van der Waals surface area (Å²) in [6.45, 7) is 12.6. The highest BCUT2D eigenvalue weighted by Gasteiger charge is 2.58. The van der Waals surface area contributed by atoms with E-state index in [1.807, 2.05) is 0 Å². The Balaban J connectivity index is 1.72. The fraction of sp³-hybridized carbons (Fsp3) is 0.441. The number of carbonyl (C=O) groups excluding carboxylic acids is 2. The summed E-state index contributed by atoms with van der Waals surface area (Å²) in [7, 11) is -3.83. The van der Waals surface area contributed by atoms with Gasteiger partial charge in [-0.05, 0) is 37.5 Å². The lowest BCUT2D eigenvalue weighted by molar-refractivity contribution is -0.188. The van der Waals surface area contributed by atoms with E-state index in [4.69, 9.17) is 9.26 Å². The number of rotatable bonds is 8. The van der Waals surface area contributed by atoms with Crippen molar-refractivity contribution < 1.29 is 33.2 Å². The lowest BCUT2D eigenvalue weighted by Crippen LogP contribution is -2.56. The van der Waals surface area contributed by atoms with Crippen molar-refractivity contribution in [1.82, 2.24) is 34.2 Å². The number of nitriles is 1. The molecule has 5 rings (SSSR count). The van der Waals surface area contributed by atoms with Crippen LogP contribution < -0.4 is 4.74 Å². The number of hydrogen-bond acceptors (Lipinski definition) is 10. The Morgan fingerprint density at radius 1 is 1.02 bits per heavy atom. The van der Waals surface area contributed by atoms with Crippen LogP contribution in [0.25, 0.3) is 22.3 Å². The van der Waals surface area contributed by atoms with Gasteiger partial charge in [-0.25, -0.2) is 19.2 Å². The second kappa shape index (κ2) is 13.2. The molecule has 0 unspecified atom stereocenters. The molecule has 0 aliphatic carbocycles. The SMILES string of the molecule is COc1cnc(-n2cnc(C)n2)c2c1c(C(=O)C(=O)N1CCC(=C(C#N)c3ccccn3)CC1)cn2C(OP(=O)(O)O)(C(C)(C)C)C(C)(C)C. The first-order valence-corrected chi connectivity index (χ1v) is 17.5. The quantitative estimate of drug-likeness (QED) is 0.108. The molecule has 5 heterocycles. The smallest absolute Gasteiger partial charge is 0.471 e. The molecular formula is C34H41N8O7P. The number of aromatic nitrogens is 6. The fourth-order valence-corrected chi connectivity index (χ4v) is 8.05. The van der Waals surface area contributed by atoms with Crippen LogP contribution in [-0.4, -0.2) is 75.9 Å². The van der Waals surface area contributed by atoms with Crippen LogP contribution in [0.2, 0.25) is 0 Å². The largest absolute Gasteiger partial charge is 0.494 e. The molecule has 4 aromatic rings. The van der Waals surface area contributed by atoms with Gasteiger partial charge in [0.05, 0.1) is 35.5 Å². The Hall–Kier alpha value is -4.74. The van der Waals surface area contributed by atoms with Crippen LogP contribution in [0.15, 0.2) is 48.7 Å². The third-order valence-corrected chi connectivity index (χ3v) is 9.42. The topological polar surface area (TPSA) is 199 Å². The molecule has 1 fully saturated rings. The van der Waals surface area contributed by atoms with Gasteiger partial charge in [0, 0.05) is 36.3 Å². The molecule has 1 aliphatic heterocycles. The molecule has 2 N–H and O–H groups in total. The summed E-state index contributed by atoms with van der Waals surface area (Å²) in [5, 5.41) is 14.5. The van der Waals surface area contributed by atoms with Gasteiger partial charge in [0.15, 0.2) is 11.5 Å². The van der Waals surface area contributed by atoms with Crippen molar-refractivity contribution in [3.05, 3.63) is 65.8 Å². The summed E-state index contributed by atoms with van der Waals surface area (Å²) in [5.41, 5.74) is -2.02. The summed E-state index contributed by atoms with van der Waals surface area (Å²) < 4.78 is 27.2. The molecule has 1 amide bonds. The van der Waals surface area contributed by atoms with E-state index in [1.165, 1.54) is 40.0 Å². The van der Waals surface area contributed by atoms with Crippen LogP contribution in [-0.2, 0) is 19.6 Å². The first-order chi connectivity index (χ1) is 23.3. The van der Waals surface area contributed by atoms with Gasteiger partial charge < -0.3 is 24.0 Å². The van der Waals surface area contributed by atoms with Crippen LogP contribution >= 0.6 is 7.82 Å². The third-order valence-electron chi connectivity index (χ3n) is 8.91. The number of pyridine rings is 2. The average Bonchev–Trinajstić information content (AvgIpc) is 3.66. The van der Waals surface area contributed by atoms with E-state index in [1.54, 1.807) is 72.9 Å². The van der Waals surface area contributed by atoms with Gasteiger partial charge in [-0.2, -0.15) is 10.4 Å². The molecule has 264 valence electrons. The number of fused-ring (bicyclic) bond motifs is 1. The van der Waals surface area contributed by atoms with Crippen molar-refractivity contribution in [2.24, 2.45) is 10.8 Å². The van der Waals surface area contributed by atoms with E-state index in [2.05, 4.69) is 26.1 Å². The molecule has 50 heavy (non-hydrogen) atoms. The Labute approximate surface area is 289 Å². The number of likely N-dealkylation sites (tertiary alicyclic amines) is 1. The maximum Gasteiger partial charge on any atom is 0.471 e. The summed E-state index contributed by atoms with van der Waals surface area (Å²) in [4.78, 5) is 63.7. The second-order valence-corrected chi connectivity index (χ2v) is 15.3. The Bertz CT molecular complexity index is 2050. The van der Waals surface area contributed by atoms with Gasteiger partial charge in [-0.3, -0.25) is 19.1 Å². The van der Waals surface area contributed by atoms with Gasteiger partial charge in [0.1, 0.15) is 29.5 Å². The molecule has 4 aromatic heterocycles. The molecule has 16 heteroatoms. The molecule has 0 bridgehead atoms. The zero-order chi connectivity index (χ0) is 36.8. The predicted molar refractivity (Wildman–Crippen MR) is 183 cm³/mol. The first-order valence-electron chi connectivity index (χ1n) is 15.9. The minimum Gasteiger partial charge on any atom is -0.494 e. The third kappa shape index (κ3) is 6.47. The standard InChI is InChI=1S/C34H41N8O7P/c1-21-38-20-42(39-21)30-28-27(26(48-8)18-37-30)24(19-41(28)34(32(2,3)4,33(5,6)7)49-50(45,46)47)29(43)31(44)40-15-12-22(13-16-40)23(17-35)25-11-9-10-14-36-25/h9-11,14,18-20H,12-13,15-16H2,1-8H3,(H2,45,46,47). The number of nitrogens with zero attached hydrogens (tertiary/aromatic N) is 8. The number of methoxy groups -OCH3 is 1. The van der Waals surface area contributed by atoms with Gasteiger partial charge >= 0.3 is 7.82 Å². The number of piperidine rings is 1. The highest BCUT2D eigenvalue weighted by atomic mass is 31.2. The minimum absolute atomic E-state index is 0.0814. The Kier molecular flexibility index (Phi) is 9.64. The van der Waals surface area contributed by atoms with E-state index < -0.39 is 36.1 Å². The number of ketones is 1. The van der Waals surface area contributed by atoms with Crippen LogP contribution in [0.4, 0.5) is 0 Å². The van der Waals surface area contributed by atoms with Crippen molar-refractivity contribution in [2.45, 2.75) is 67.0 Å². The second-order valence-electron chi connectivity index (χ2n) is 14.2. The van der Waals surface area contributed by atoms with Crippen molar-refractivity contribution in [3.63, 3.8) is 0 Å². The maximum atomic E-state index is 14.4. The highest BCUT2D eigenvalue weighted by molar-refractivity contribution is 7.46. The van der Waals surface area contributed by atoms with Crippen LogP contribution in [0.3, 0.4) is 0 Å². The summed E-state index contributed by atoms with van der Waals surface area (Å²) in [5.74, 6) is -0.937. The van der Waals surface area contributed by atoms with E-state index in [9.17, 15) is 29.2 Å². The number of ether oxygens (including phenoxy) is 1. The number of phosphoric ester groups is 1. The monoisotopic (exact) mass is 704 g/mol. The van der Waals surface area contributed by atoms with Crippen molar-refractivity contribution in [2.75, 3.05) is 20.2 Å². The average molecular weight is 705 g/mol. The van der Waals surface area contributed by atoms with Crippen molar-refractivity contribution >= 4 is 36.0 Å². The van der Waals surface area contributed by atoms with E-state index in [-0.39, 0.29) is 41.1 Å². The van der Waals surface area contributed by atoms with Crippen molar-refractivity contribution in [1.29, 1.82) is 5.26 Å². The number of Topliss-reactive ketones (excluding diaryl/α,β-unsaturated/α-hetero) is 1. The molecule has 0 saturated carbocycles. The highest BCUT2D eigenvalue weighted by Crippen LogP contribution is 2.60. The van der Waals surface area contributed by atoms with Gasteiger partial charge in [0.25, 0.3) is 11.7 Å². The van der Waals surface area contributed by atoms with E-state index in [0.717, 1.165) is 5.57 Å². The minimum atomic E-state index is -5.22. The molecular weight excluding hydrogens is 663 g/mol. The number of carbonyl (C=O) groups is 2. The lowest BCUT2D eigenvalue weighted by atomic mass is 9.68. The molecule has 1 saturated heterocycles. The van der Waals surface area contributed by atoms with E-state index >= 15 is 0 Å². The predicted octanol–water partition coefficient (Wildman–Crippen LogP) is 4.97. The number of hydrogen-bond donors (Lipinski definition) is 2. The lowest BCUT2D eigenvalue weighted by Gasteiger charge is -2.53. The van der Waals surface area contributed by atoms with Crippen LogP contribution in [0, 0.1) is 29.1 Å². The number of allylic oxidation sites excluding steroid dienone is 1. The number of aryl methyl sites for hydroxylation is 1. The molecule has 0 aromatic carbocycles. The molecule has 15 nitrogen and oxygen atoms in total. The maximum absolute atomic E-state index is 14.4. The summed E-state index contributed by atoms with van der Waals surface area (Å²) in [6.07, 6.45) is 6.55. The number of amides is 1. The van der Waals surface area contributed by atoms with Crippen molar-refractivity contribution in [3.8, 4) is 17.6 Å². The van der Waals surface area contributed by atoms with Gasteiger partial charge in [-0.1, -0.05) is 47.6 Å². The normalized spacial score (nSPS) is 14.5. The molecule has 0 atom stereocenters. The first kappa shape index (κ1) is 36.5. The molecule has 1 aliphatic rings. The Morgan fingerprint density at radius 3 is 2.18 bits per heavy atom. The number of phosphoric acid groups is 1. The molecule has 0 radical (unpaired) electrons. The fourth-order valence-electron chi connectivity index (χ4n) is 7.07. The van der Waals surface area contributed by atoms with Crippen LogP contribution in [0.1, 0.15) is 76.3 Å². The summed E-state index contributed by atoms with van der Waals surface area (Å²) >= 11 is 0. The zero-order valence-electron chi connectivity index (χ0n) is 29.3.